The number of hydrogen-bond acceptors (Lipinski definition) is 2. The zero-order valence-electron chi connectivity index (χ0n) is 11.3. The molecular weight excluding hydrogens is 246 g/mol. The van der Waals surface area contributed by atoms with Crippen molar-refractivity contribution in [2.75, 3.05) is 20.2 Å². The predicted molar refractivity (Wildman–Crippen MR) is 76.7 cm³/mol. The van der Waals surface area contributed by atoms with E-state index in [0.717, 1.165) is 36.7 Å². The summed E-state index contributed by atoms with van der Waals surface area (Å²) in [6.07, 6.45) is 4.64. The minimum Gasteiger partial charge on any atom is -0.495 e. The van der Waals surface area contributed by atoms with Crippen LogP contribution in [0.4, 0.5) is 0 Å². The Morgan fingerprint density at radius 1 is 1.44 bits per heavy atom. The lowest BCUT2D eigenvalue weighted by atomic mass is 9.91. The third-order valence-electron chi connectivity index (χ3n) is 3.70. The molecule has 100 valence electrons. The Bertz CT molecular complexity index is 400. The Balaban J connectivity index is 2.20. The smallest absolute Gasteiger partial charge is 0.140 e. The van der Waals surface area contributed by atoms with Crippen molar-refractivity contribution in [2.45, 2.75) is 32.6 Å². The van der Waals surface area contributed by atoms with E-state index in [1.165, 1.54) is 24.0 Å². The summed E-state index contributed by atoms with van der Waals surface area (Å²) in [5.74, 6) is 1.57. The zero-order chi connectivity index (χ0) is 13.0. The van der Waals surface area contributed by atoms with Crippen LogP contribution in [-0.2, 0) is 12.8 Å². The Morgan fingerprint density at radius 2 is 2.28 bits per heavy atom. The number of nitrogens with one attached hydrogen (secondary N) is 1. The summed E-state index contributed by atoms with van der Waals surface area (Å²) in [5, 5.41) is 4.21. The molecule has 1 aliphatic rings. The van der Waals surface area contributed by atoms with Crippen LogP contribution in [0.1, 0.15) is 30.9 Å². The molecule has 0 radical (unpaired) electrons. The lowest BCUT2D eigenvalue weighted by Crippen LogP contribution is -2.30. The first-order valence-electron chi connectivity index (χ1n) is 6.80. The normalized spacial score (nSPS) is 19.8. The first-order chi connectivity index (χ1) is 8.74. The molecule has 1 fully saturated rings. The molecule has 3 heteroatoms. The van der Waals surface area contributed by atoms with Crippen molar-refractivity contribution >= 4 is 11.6 Å². The molecule has 1 atom stereocenters. The number of ether oxygens (including phenoxy) is 1. The SMILES string of the molecule is CCc1cc(Cl)c(OC)c(CC2CCCNC2)c1. The first kappa shape index (κ1) is 13.7. The van der Waals surface area contributed by atoms with Crippen LogP contribution < -0.4 is 10.1 Å². The number of aryl methyl sites for hydroxylation is 1. The molecule has 1 aromatic carbocycles. The highest BCUT2D eigenvalue weighted by atomic mass is 35.5. The van der Waals surface area contributed by atoms with Gasteiger partial charge >= 0.3 is 0 Å². The molecular formula is C15H22ClNO. The molecule has 0 amide bonds. The van der Waals surface area contributed by atoms with Gasteiger partial charge < -0.3 is 10.1 Å². The summed E-state index contributed by atoms with van der Waals surface area (Å²) < 4.78 is 5.46. The molecule has 0 aliphatic carbocycles. The predicted octanol–water partition coefficient (Wildman–Crippen LogP) is 3.45. The van der Waals surface area contributed by atoms with E-state index in [2.05, 4.69) is 18.3 Å². The van der Waals surface area contributed by atoms with Crippen molar-refractivity contribution in [3.8, 4) is 5.75 Å². The third-order valence-corrected chi connectivity index (χ3v) is 3.98. The number of piperidine rings is 1. The number of rotatable bonds is 4. The topological polar surface area (TPSA) is 21.3 Å². The van der Waals surface area contributed by atoms with Gasteiger partial charge in [-0.05, 0) is 61.9 Å². The molecule has 1 aromatic rings. The van der Waals surface area contributed by atoms with E-state index in [4.69, 9.17) is 16.3 Å². The van der Waals surface area contributed by atoms with E-state index in [1.807, 2.05) is 6.07 Å². The summed E-state index contributed by atoms with van der Waals surface area (Å²) in [7, 11) is 1.70. The van der Waals surface area contributed by atoms with Gasteiger partial charge in [-0.3, -0.25) is 0 Å². The van der Waals surface area contributed by atoms with Crippen molar-refractivity contribution in [2.24, 2.45) is 5.92 Å². The molecule has 0 bridgehead atoms. The average molecular weight is 268 g/mol. The highest BCUT2D eigenvalue weighted by Gasteiger charge is 2.17. The second-order valence-electron chi connectivity index (χ2n) is 5.04. The van der Waals surface area contributed by atoms with Gasteiger partial charge in [0.1, 0.15) is 5.75 Å². The van der Waals surface area contributed by atoms with E-state index in [1.54, 1.807) is 7.11 Å². The van der Waals surface area contributed by atoms with Crippen molar-refractivity contribution in [1.29, 1.82) is 0 Å². The Labute approximate surface area is 115 Å². The number of methoxy groups -OCH3 is 1. The fourth-order valence-corrected chi connectivity index (χ4v) is 3.04. The summed E-state index contributed by atoms with van der Waals surface area (Å²) in [6.45, 7) is 4.42. The number of hydrogen-bond donors (Lipinski definition) is 1. The molecule has 1 saturated heterocycles. The minimum atomic E-state index is 0.704. The third kappa shape index (κ3) is 3.18. The lowest BCUT2D eigenvalue weighted by molar-refractivity contribution is 0.364. The Morgan fingerprint density at radius 3 is 2.89 bits per heavy atom. The minimum absolute atomic E-state index is 0.704. The summed E-state index contributed by atoms with van der Waals surface area (Å²) in [5.41, 5.74) is 2.55. The maximum atomic E-state index is 6.29. The molecule has 2 nitrogen and oxygen atoms in total. The summed E-state index contributed by atoms with van der Waals surface area (Å²) in [6, 6.07) is 4.27. The van der Waals surface area contributed by atoms with Gasteiger partial charge in [0.05, 0.1) is 12.1 Å². The molecule has 0 spiro atoms. The van der Waals surface area contributed by atoms with Crippen molar-refractivity contribution < 1.29 is 4.74 Å². The molecule has 1 heterocycles. The lowest BCUT2D eigenvalue weighted by Gasteiger charge is -2.24. The van der Waals surface area contributed by atoms with Gasteiger partial charge in [-0.15, -0.1) is 0 Å². The van der Waals surface area contributed by atoms with Crippen LogP contribution in [0.5, 0.6) is 5.75 Å². The Kier molecular flexibility index (Phi) is 4.90. The molecule has 2 rings (SSSR count). The molecule has 0 saturated carbocycles. The largest absolute Gasteiger partial charge is 0.495 e. The monoisotopic (exact) mass is 267 g/mol. The average Bonchev–Trinajstić information content (AvgIpc) is 2.39. The summed E-state index contributed by atoms with van der Waals surface area (Å²) >= 11 is 6.29. The highest BCUT2D eigenvalue weighted by Crippen LogP contribution is 2.33. The molecule has 1 aliphatic heterocycles. The molecule has 1 unspecified atom stereocenters. The summed E-state index contributed by atoms with van der Waals surface area (Å²) in [4.78, 5) is 0. The molecule has 1 N–H and O–H groups in total. The maximum absolute atomic E-state index is 6.29. The van der Waals surface area contributed by atoms with Gasteiger partial charge in [-0.2, -0.15) is 0 Å². The second-order valence-corrected chi connectivity index (χ2v) is 5.45. The quantitative estimate of drug-likeness (QED) is 0.902. The van der Waals surface area contributed by atoms with Crippen molar-refractivity contribution in [1.82, 2.24) is 5.32 Å². The van der Waals surface area contributed by atoms with Crippen LogP contribution in [0.15, 0.2) is 12.1 Å². The van der Waals surface area contributed by atoms with E-state index in [-0.39, 0.29) is 0 Å². The van der Waals surface area contributed by atoms with Gasteiger partial charge in [0.2, 0.25) is 0 Å². The fraction of sp³-hybridized carbons (Fsp3) is 0.600. The number of halogens is 1. The van der Waals surface area contributed by atoms with Gasteiger partial charge in [0.25, 0.3) is 0 Å². The van der Waals surface area contributed by atoms with Gasteiger partial charge in [0, 0.05) is 0 Å². The van der Waals surface area contributed by atoms with Crippen LogP contribution in [0.3, 0.4) is 0 Å². The van der Waals surface area contributed by atoms with E-state index in [9.17, 15) is 0 Å². The van der Waals surface area contributed by atoms with Crippen molar-refractivity contribution in [3.63, 3.8) is 0 Å². The second kappa shape index (κ2) is 6.44. The molecule has 0 aromatic heterocycles. The zero-order valence-corrected chi connectivity index (χ0v) is 12.0. The van der Waals surface area contributed by atoms with E-state index < -0.39 is 0 Å². The van der Waals surface area contributed by atoms with E-state index in [0.29, 0.717) is 5.92 Å². The van der Waals surface area contributed by atoms with Crippen LogP contribution in [0.25, 0.3) is 0 Å². The fourth-order valence-electron chi connectivity index (χ4n) is 2.71. The maximum Gasteiger partial charge on any atom is 0.140 e. The molecule has 18 heavy (non-hydrogen) atoms. The number of benzene rings is 1. The van der Waals surface area contributed by atoms with Gasteiger partial charge in [0.15, 0.2) is 0 Å². The van der Waals surface area contributed by atoms with E-state index >= 15 is 0 Å². The van der Waals surface area contributed by atoms with Crippen LogP contribution in [0.2, 0.25) is 5.02 Å². The van der Waals surface area contributed by atoms with Crippen LogP contribution in [0, 0.1) is 5.92 Å². The van der Waals surface area contributed by atoms with Crippen LogP contribution >= 0.6 is 11.6 Å². The first-order valence-corrected chi connectivity index (χ1v) is 7.18. The highest BCUT2D eigenvalue weighted by molar-refractivity contribution is 6.32. The standard InChI is InChI=1S/C15H22ClNO/c1-3-11-7-13(15(18-2)14(16)9-11)8-12-5-4-6-17-10-12/h7,9,12,17H,3-6,8,10H2,1-2H3. The van der Waals surface area contributed by atoms with Crippen molar-refractivity contribution in [3.05, 3.63) is 28.3 Å². The van der Waals surface area contributed by atoms with Gasteiger partial charge in [-0.1, -0.05) is 24.6 Å². The van der Waals surface area contributed by atoms with Crippen LogP contribution in [-0.4, -0.2) is 20.2 Å². The van der Waals surface area contributed by atoms with Gasteiger partial charge in [-0.25, -0.2) is 0 Å². The Hall–Kier alpha value is -0.730.